The lowest BCUT2D eigenvalue weighted by atomic mass is 9.44. The SMILES string of the molecule is C[C@]12CCC(=O)C[C@H]1[C@@H](O)C[C@@H]1[C@@H]2CC[C@]2(C)[C@@H](O)CC[C@@H]12. The van der Waals surface area contributed by atoms with Crippen LogP contribution in [0, 0.1) is 34.5 Å². The van der Waals surface area contributed by atoms with Gasteiger partial charge >= 0.3 is 0 Å². The first-order valence-corrected chi connectivity index (χ1v) is 9.24. The summed E-state index contributed by atoms with van der Waals surface area (Å²) in [6.07, 6.45) is 6.95. The molecule has 0 heterocycles. The molecular formula is C19H30O3. The van der Waals surface area contributed by atoms with Crippen LogP contribution in [0.3, 0.4) is 0 Å². The summed E-state index contributed by atoms with van der Waals surface area (Å²) in [5.74, 6) is 2.26. The molecule has 0 aliphatic heterocycles. The van der Waals surface area contributed by atoms with E-state index in [2.05, 4.69) is 13.8 Å². The maximum Gasteiger partial charge on any atom is 0.133 e. The highest BCUT2D eigenvalue weighted by atomic mass is 16.3. The minimum absolute atomic E-state index is 0.0641. The molecule has 0 spiro atoms. The highest BCUT2D eigenvalue weighted by molar-refractivity contribution is 5.79. The van der Waals surface area contributed by atoms with Crippen LogP contribution in [0.2, 0.25) is 0 Å². The molecule has 4 rings (SSSR count). The Morgan fingerprint density at radius 2 is 1.68 bits per heavy atom. The molecule has 4 fully saturated rings. The number of ketones is 1. The monoisotopic (exact) mass is 306 g/mol. The number of hydrogen-bond donors (Lipinski definition) is 2. The minimum atomic E-state index is -0.324. The summed E-state index contributed by atoms with van der Waals surface area (Å²) in [6.45, 7) is 4.62. The third-order valence-corrected chi connectivity index (χ3v) is 8.45. The zero-order valence-electron chi connectivity index (χ0n) is 13.9. The van der Waals surface area contributed by atoms with Gasteiger partial charge < -0.3 is 10.2 Å². The Morgan fingerprint density at radius 3 is 2.45 bits per heavy atom. The number of Topliss-reactive ketones (excluding diaryl/α,β-unsaturated/α-hetero) is 1. The van der Waals surface area contributed by atoms with Crippen LogP contribution in [0.25, 0.3) is 0 Å². The fourth-order valence-corrected chi connectivity index (χ4v) is 7.06. The van der Waals surface area contributed by atoms with Gasteiger partial charge in [-0.15, -0.1) is 0 Å². The van der Waals surface area contributed by atoms with Crippen molar-refractivity contribution in [1.82, 2.24) is 0 Å². The molecule has 3 nitrogen and oxygen atoms in total. The number of fused-ring (bicyclic) bond motifs is 5. The fraction of sp³-hybridized carbons (Fsp3) is 0.947. The molecule has 0 aromatic carbocycles. The van der Waals surface area contributed by atoms with Gasteiger partial charge in [0.25, 0.3) is 0 Å². The zero-order valence-corrected chi connectivity index (χ0v) is 13.9. The van der Waals surface area contributed by atoms with Crippen LogP contribution in [0.15, 0.2) is 0 Å². The van der Waals surface area contributed by atoms with Crippen molar-refractivity contribution >= 4 is 5.78 Å². The molecule has 2 N–H and O–H groups in total. The van der Waals surface area contributed by atoms with E-state index in [1.807, 2.05) is 0 Å². The Kier molecular flexibility index (Phi) is 3.30. The van der Waals surface area contributed by atoms with Crippen LogP contribution in [0.1, 0.15) is 65.2 Å². The molecule has 0 unspecified atom stereocenters. The van der Waals surface area contributed by atoms with Crippen molar-refractivity contribution < 1.29 is 15.0 Å². The fourth-order valence-electron chi connectivity index (χ4n) is 7.06. The first-order valence-electron chi connectivity index (χ1n) is 9.24. The highest BCUT2D eigenvalue weighted by Crippen LogP contribution is 2.65. The van der Waals surface area contributed by atoms with Crippen molar-refractivity contribution in [2.24, 2.45) is 34.5 Å². The lowest BCUT2D eigenvalue weighted by Gasteiger charge is -2.61. The number of aliphatic hydroxyl groups excluding tert-OH is 2. The second kappa shape index (κ2) is 4.80. The van der Waals surface area contributed by atoms with E-state index in [1.54, 1.807) is 0 Å². The van der Waals surface area contributed by atoms with Gasteiger partial charge in [0.1, 0.15) is 5.78 Å². The van der Waals surface area contributed by atoms with Crippen LogP contribution < -0.4 is 0 Å². The lowest BCUT2D eigenvalue weighted by molar-refractivity contribution is -0.168. The summed E-state index contributed by atoms with van der Waals surface area (Å²) in [6, 6.07) is 0. The quantitative estimate of drug-likeness (QED) is 0.723. The van der Waals surface area contributed by atoms with Gasteiger partial charge in [-0.25, -0.2) is 0 Å². The van der Waals surface area contributed by atoms with E-state index in [0.29, 0.717) is 36.4 Å². The van der Waals surface area contributed by atoms with E-state index in [-0.39, 0.29) is 29.0 Å². The van der Waals surface area contributed by atoms with Gasteiger partial charge in [0.2, 0.25) is 0 Å². The molecule has 0 aromatic heterocycles. The Balaban J connectivity index is 1.68. The topological polar surface area (TPSA) is 57.5 Å². The first-order chi connectivity index (χ1) is 10.4. The van der Waals surface area contributed by atoms with Gasteiger partial charge in [-0.1, -0.05) is 13.8 Å². The molecule has 0 saturated heterocycles. The molecule has 22 heavy (non-hydrogen) atoms. The van der Waals surface area contributed by atoms with Crippen molar-refractivity contribution in [3.05, 3.63) is 0 Å². The zero-order chi connectivity index (χ0) is 15.7. The average Bonchev–Trinajstić information content (AvgIpc) is 2.77. The second-order valence-electron chi connectivity index (χ2n) is 9.17. The number of carbonyl (C=O) groups is 1. The van der Waals surface area contributed by atoms with Crippen molar-refractivity contribution in [3.8, 4) is 0 Å². The third kappa shape index (κ3) is 1.84. The van der Waals surface area contributed by atoms with Crippen LogP contribution in [0.5, 0.6) is 0 Å². The van der Waals surface area contributed by atoms with Crippen LogP contribution in [0.4, 0.5) is 0 Å². The molecule has 0 amide bonds. The minimum Gasteiger partial charge on any atom is -0.393 e. The van der Waals surface area contributed by atoms with E-state index in [1.165, 1.54) is 6.42 Å². The number of carbonyl (C=O) groups excluding carboxylic acids is 1. The van der Waals surface area contributed by atoms with E-state index in [4.69, 9.17) is 0 Å². The summed E-state index contributed by atoms with van der Waals surface area (Å²) >= 11 is 0. The predicted molar refractivity (Wildman–Crippen MR) is 84.1 cm³/mol. The molecule has 3 heteroatoms. The third-order valence-electron chi connectivity index (χ3n) is 8.45. The average molecular weight is 306 g/mol. The summed E-state index contributed by atoms with van der Waals surface area (Å²) in [4.78, 5) is 11.9. The molecule has 8 atom stereocenters. The van der Waals surface area contributed by atoms with Gasteiger partial charge in [-0.05, 0) is 73.0 Å². The molecule has 0 bridgehead atoms. The largest absolute Gasteiger partial charge is 0.393 e. The predicted octanol–water partition coefficient (Wildman–Crippen LogP) is 2.93. The van der Waals surface area contributed by atoms with E-state index < -0.39 is 0 Å². The van der Waals surface area contributed by atoms with E-state index in [0.717, 1.165) is 32.1 Å². The van der Waals surface area contributed by atoms with Gasteiger partial charge in [-0.2, -0.15) is 0 Å². The molecule has 4 aliphatic carbocycles. The number of hydrogen-bond acceptors (Lipinski definition) is 3. The Hall–Kier alpha value is -0.410. The van der Waals surface area contributed by atoms with Gasteiger partial charge in [0.05, 0.1) is 12.2 Å². The van der Waals surface area contributed by atoms with Crippen LogP contribution in [-0.2, 0) is 4.79 Å². The molecule has 4 saturated carbocycles. The van der Waals surface area contributed by atoms with E-state index in [9.17, 15) is 15.0 Å². The van der Waals surface area contributed by atoms with E-state index >= 15 is 0 Å². The van der Waals surface area contributed by atoms with Crippen molar-refractivity contribution in [1.29, 1.82) is 0 Å². The lowest BCUT2D eigenvalue weighted by Crippen LogP contribution is -2.58. The van der Waals surface area contributed by atoms with Crippen LogP contribution in [-0.4, -0.2) is 28.2 Å². The van der Waals surface area contributed by atoms with Crippen molar-refractivity contribution in [2.75, 3.05) is 0 Å². The molecule has 4 aliphatic rings. The molecule has 0 radical (unpaired) electrons. The summed E-state index contributed by atoms with van der Waals surface area (Å²) in [5, 5.41) is 21.2. The number of rotatable bonds is 0. The van der Waals surface area contributed by atoms with Crippen LogP contribution >= 0.6 is 0 Å². The molecule has 124 valence electrons. The Morgan fingerprint density at radius 1 is 0.955 bits per heavy atom. The second-order valence-corrected chi connectivity index (χ2v) is 9.17. The molecular weight excluding hydrogens is 276 g/mol. The van der Waals surface area contributed by atoms with Gasteiger partial charge in [0, 0.05) is 12.8 Å². The normalized spacial score (nSPS) is 57.9. The van der Waals surface area contributed by atoms with Gasteiger partial charge in [0.15, 0.2) is 0 Å². The summed E-state index contributed by atoms with van der Waals surface area (Å²) < 4.78 is 0. The maximum atomic E-state index is 11.9. The molecule has 0 aromatic rings. The summed E-state index contributed by atoms with van der Waals surface area (Å²) in [7, 11) is 0. The van der Waals surface area contributed by atoms with Crippen molar-refractivity contribution in [2.45, 2.75) is 77.4 Å². The Labute approximate surface area is 133 Å². The Bertz CT molecular complexity index is 489. The number of aliphatic hydroxyl groups is 2. The highest BCUT2D eigenvalue weighted by Gasteiger charge is 2.61. The smallest absolute Gasteiger partial charge is 0.133 e. The first kappa shape index (κ1) is 15.1. The standard InChI is InChI=1S/C19H30O3/c1-18-7-5-11(20)9-15(18)16(21)10-12-13-3-4-17(22)19(13,2)8-6-14(12)18/h12-17,21-22H,3-10H2,1-2H3/t12-,13-,14-,15-,16-,17-,18+,19-/m0/s1. The maximum absolute atomic E-state index is 11.9. The van der Waals surface area contributed by atoms with Crippen molar-refractivity contribution in [3.63, 3.8) is 0 Å². The van der Waals surface area contributed by atoms with Gasteiger partial charge in [-0.3, -0.25) is 4.79 Å². The summed E-state index contributed by atoms with van der Waals surface area (Å²) in [5.41, 5.74) is 0.194.